The molecule has 110 valence electrons. The molecular formula is C19H28O. The summed E-state index contributed by atoms with van der Waals surface area (Å²) in [6.07, 6.45) is 15.1. The van der Waals surface area contributed by atoms with Crippen molar-refractivity contribution in [3.8, 4) is 0 Å². The van der Waals surface area contributed by atoms with Gasteiger partial charge in [0.2, 0.25) is 0 Å². The molecule has 0 heterocycles. The van der Waals surface area contributed by atoms with Gasteiger partial charge in [-0.25, -0.2) is 0 Å². The highest BCUT2D eigenvalue weighted by atomic mass is 16.3. The van der Waals surface area contributed by atoms with Crippen molar-refractivity contribution in [3.05, 3.63) is 23.3 Å². The highest BCUT2D eigenvalue weighted by molar-refractivity contribution is 5.38. The monoisotopic (exact) mass is 272 g/mol. The van der Waals surface area contributed by atoms with Gasteiger partial charge in [0.05, 0.1) is 6.10 Å². The Morgan fingerprint density at radius 1 is 1.00 bits per heavy atom. The van der Waals surface area contributed by atoms with Gasteiger partial charge < -0.3 is 5.11 Å². The van der Waals surface area contributed by atoms with Gasteiger partial charge in [0.25, 0.3) is 0 Å². The van der Waals surface area contributed by atoms with Gasteiger partial charge in [-0.15, -0.1) is 0 Å². The van der Waals surface area contributed by atoms with Gasteiger partial charge in [-0.05, 0) is 62.2 Å². The van der Waals surface area contributed by atoms with Crippen LogP contribution in [0.3, 0.4) is 0 Å². The Hall–Kier alpha value is -0.560. The zero-order valence-electron chi connectivity index (χ0n) is 13.0. The minimum atomic E-state index is -0.0705. The first-order valence-electron chi connectivity index (χ1n) is 8.65. The third kappa shape index (κ3) is 1.53. The van der Waals surface area contributed by atoms with Crippen molar-refractivity contribution in [1.29, 1.82) is 0 Å². The van der Waals surface area contributed by atoms with Crippen LogP contribution in [0, 0.1) is 22.7 Å². The molecule has 0 spiro atoms. The molecule has 0 aromatic heterocycles. The largest absolute Gasteiger partial charge is 0.393 e. The number of rotatable bonds is 0. The smallest absolute Gasteiger partial charge is 0.0599 e. The molecule has 0 bridgehead atoms. The zero-order chi connectivity index (χ0) is 14.0. The standard InChI is InChI=1S/C19H28O/c1-18-11-4-3-5-13(18)6-7-14-15-8-9-17(20)19(15,2)12-10-16(14)18/h6-7,15-17,20H,3-5,8-12H2,1-2H3/t15-,16+,17-,18+,19-/m0/s1. The van der Waals surface area contributed by atoms with Gasteiger partial charge in [0, 0.05) is 5.41 Å². The lowest BCUT2D eigenvalue weighted by Crippen LogP contribution is -2.45. The first kappa shape index (κ1) is 13.1. The van der Waals surface area contributed by atoms with Crippen LogP contribution in [0.4, 0.5) is 0 Å². The van der Waals surface area contributed by atoms with Gasteiger partial charge in [0.15, 0.2) is 0 Å². The average molecular weight is 272 g/mol. The van der Waals surface area contributed by atoms with E-state index in [0.29, 0.717) is 11.3 Å². The topological polar surface area (TPSA) is 20.2 Å². The van der Waals surface area contributed by atoms with E-state index >= 15 is 0 Å². The van der Waals surface area contributed by atoms with E-state index in [-0.39, 0.29) is 11.5 Å². The Morgan fingerprint density at radius 2 is 1.85 bits per heavy atom. The van der Waals surface area contributed by atoms with Crippen LogP contribution in [0.1, 0.15) is 65.2 Å². The quantitative estimate of drug-likeness (QED) is 0.682. The number of hydrogen-bond donors (Lipinski definition) is 1. The van der Waals surface area contributed by atoms with Crippen molar-refractivity contribution in [2.75, 3.05) is 0 Å². The third-order valence-electron chi connectivity index (χ3n) is 7.43. The Balaban J connectivity index is 1.76. The Labute approximate surface area is 123 Å². The van der Waals surface area contributed by atoms with Crippen molar-refractivity contribution in [1.82, 2.24) is 0 Å². The van der Waals surface area contributed by atoms with Crippen LogP contribution in [-0.4, -0.2) is 11.2 Å². The summed E-state index contributed by atoms with van der Waals surface area (Å²) >= 11 is 0. The molecular weight excluding hydrogens is 244 g/mol. The SMILES string of the molecule is C[C@]12CC[C@@H]3C(=CC=C4CCCC[C@]43C)[C@@H]1CC[C@@H]2O. The van der Waals surface area contributed by atoms with Crippen LogP contribution in [-0.2, 0) is 0 Å². The summed E-state index contributed by atoms with van der Waals surface area (Å²) in [5, 5.41) is 10.4. The van der Waals surface area contributed by atoms with Crippen molar-refractivity contribution in [2.24, 2.45) is 22.7 Å². The fraction of sp³-hybridized carbons (Fsp3) is 0.789. The summed E-state index contributed by atoms with van der Waals surface area (Å²) in [6.45, 7) is 4.87. The molecule has 1 nitrogen and oxygen atoms in total. The second-order valence-corrected chi connectivity index (χ2v) is 8.23. The predicted octanol–water partition coefficient (Wildman–Crippen LogP) is 4.62. The van der Waals surface area contributed by atoms with Crippen molar-refractivity contribution in [3.63, 3.8) is 0 Å². The normalized spacial score (nSPS) is 50.6. The molecule has 1 N–H and O–H groups in total. The maximum Gasteiger partial charge on any atom is 0.0599 e. The van der Waals surface area contributed by atoms with Crippen LogP contribution in [0.25, 0.3) is 0 Å². The van der Waals surface area contributed by atoms with Crippen LogP contribution < -0.4 is 0 Å². The molecule has 0 amide bonds. The van der Waals surface area contributed by atoms with Gasteiger partial charge in [0.1, 0.15) is 0 Å². The van der Waals surface area contributed by atoms with E-state index in [1.807, 2.05) is 0 Å². The predicted molar refractivity (Wildman–Crippen MR) is 82.3 cm³/mol. The molecule has 1 heteroatoms. The van der Waals surface area contributed by atoms with Gasteiger partial charge >= 0.3 is 0 Å². The fourth-order valence-electron chi connectivity index (χ4n) is 6.01. The molecule has 3 fully saturated rings. The number of aliphatic hydroxyl groups is 1. The minimum absolute atomic E-state index is 0.0705. The summed E-state index contributed by atoms with van der Waals surface area (Å²) in [5.74, 6) is 1.42. The summed E-state index contributed by atoms with van der Waals surface area (Å²) in [5.41, 5.74) is 4.03. The highest BCUT2D eigenvalue weighted by Crippen LogP contribution is 2.63. The zero-order valence-corrected chi connectivity index (χ0v) is 13.0. The number of hydrogen-bond acceptors (Lipinski definition) is 1. The molecule has 0 unspecified atom stereocenters. The lowest BCUT2D eigenvalue weighted by molar-refractivity contribution is 0.00685. The fourth-order valence-corrected chi connectivity index (χ4v) is 6.01. The molecule has 5 atom stereocenters. The van der Waals surface area contributed by atoms with E-state index in [0.717, 1.165) is 12.3 Å². The van der Waals surface area contributed by atoms with E-state index in [1.54, 1.807) is 11.1 Å². The Bertz CT molecular complexity index is 488. The van der Waals surface area contributed by atoms with Crippen molar-refractivity contribution >= 4 is 0 Å². The first-order valence-corrected chi connectivity index (χ1v) is 8.65. The second kappa shape index (κ2) is 4.22. The number of allylic oxidation sites excluding steroid dienone is 4. The molecule has 20 heavy (non-hydrogen) atoms. The maximum atomic E-state index is 10.4. The minimum Gasteiger partial charge on any atom is -0.393 e. The second-order valence-electron chi connectivity index (χ2n) is 8.23. The number of aliphatic hydroxyl groups excluding tert-OH is 1. The summed E-state index contributed by atoms with van der Waals surface area (Å²) in [6, 6.07) is 0. The molecule has 0 saturated heterocycles. The van der Waals surface area contributed by atoms with Crippen LogP contribution in [0.5, 0.6) is 0 Å². The lowest BCUT2D eigenvalue weighted by Gasteiger charge is -2.53. The van der Waals surface area contributed by atoms with Gasteiger partial charge in [-0.3, -0.25) is 0 Å². The maximum absolute atomic E-state index is 10.4. The number of fused-ring (bicyclic) bond motifs is 5. The average Bonchev–Trinajstić information content (AvgIpc) is 2.74. The van der Waals surface area contributed by atoms with Crippen molar-refractivity contribution < 1.29 is 5.11 Å². The Kier molecular flexibility index (Phi) is 2.77. The van der Waals surface area contributed by atoms with Crippen molar-refractivity contribution in [2.45, 2.75) is 71.3 Å². The van der Waals surface area contributed by atoms with Gasteiger partial charge in [-0.1, -0.05) is 43.6 Å². The summed E-state index contributed by atoms with van der Waals surface area (Å²) in [7, 11) is 0. The van der Waals surface area contributed by atoms with Crippen LogP contribution in [0.15, 0.2) is 23.3 Å². The molecule has 4 rings (SSSR count). The summed E-state index contributed by atoms with van der Waals surface area (Å²) in [4.78, 5) is 0. The van der Waals surface area contributed by atoms with Gasteiger partial charge in [-0.2, -0.15) is 0 Å². The molecule has 0 aromatic carbocycles. The molecule has 0 aromatic rings. The van der Waals surface area contributed by atoms with Crippen LogP contribution >= 0.6 is 0 Å². The molecule has 0 aliphatic heterocycles. The molecule has 3 saturated carbocycles. The molecule has 4 aliphatic rings. The highest BCUT2D eigenvalue weighted by Gasteiger charge is 2.55. The molecule has 0 radical (unpaired) electrons. The summed E-state index contributed by atoms with van der Waals surface area (Å²) < 4.78 is 0. The molecule has 4 aliphatic carbocycles. The van der Waals surface area contributed by atoms with E-state index in [4.69, 9.17) is 0 Å². The third-order valence-corrected chi connectivity index (χ3v) is 7.43. The van der Waals surface area contributed by atoms with E-state index < -0.39 is 0 Å². The van der Waals surface area contributed by atoms with E-state index in [1.165, 1.54) is 44.9 Å². The van der Waals surface area contributed by atoms with E-state index in [2.05, 4.69) is 26.0 Å². The van der Waals surface area contributed by atoms with E-state index in [9.17, 15) is 5.11 Å². The first-order chi connectivity index (χ1) is 9.56. The Morgan fingerprint density at radius 3 is 2.70 bits per heavy atom. The lowest BCUT2D eigenvalue weighted by atomic mass is 9.51. The van der Waals surface area contributed by atoms with Crippen LogP contribution in [0.2, 0.25) is 0 Å².